The fraction of sp³-hybridized carbons (Fsp3) is 0.455. The zero-order chi connectivity index (χ0) is 13.7. The number of nitrogens with two attached hydrogens (primary N) is 1. The van der Waals surface area contributed by atoms with Crippen LogP contribution < -0.4 is 5.73 Å². The van der Waals surface area contributed by atoms with E-state index in [-0.39, 0.29) is 6.07 Å². The summed E-state index contributed by atoms with van der Waals surface area (Å²) in [4.78, 5) is 0. The molecular formula is C11H9F6N. The van der Waals surface area contributed by atoms with Crippen molar-refractivity contribution in [3.8, 4) is 0 Å². The lowest BCUT2D eigenvalue weighted by Gasteiger charge is -2.47. The van der Waals surface area contributed by atoms with E-state index in [2.05, 4.69) is 0 Å². The standard InChI is InChI=1S/C11H9F6N/c12-5-1-6(13)9(15)7(8(5)14)10(4-18)2-11(16,17)3-10/h1H,2-4,18H2. The number of hydrogen-bond acceptors (Lipinski definition) is 1. The van der Waals surface area contributed by atoms with Gasteiger partial charge in [0.2, 0.25) is 5.92 Å². The molecule has 0 radical (unpaired) electrons. The van der Waals surface area contributed by atoms with Crippen LogP contribution in [0.25, 0.3) is 0 Å². The number of rotatable bonds is 2. The first-order chi connectivity index (χ1) is 8.22. The van der Waals surface area contributed by atoms with Gasteiger partial charge in [-0.2, -0.15) is 0 Å². The first kappa shape index (κ1) is 13.2. The Labute approximate surface area is 98.6 Å². The summed E-state index contributed by atoms with van der Waals surface area (Å²) in [5.74, 6) is -9.68. The van der Waals surface area contributed by atoms with Gasteiger partial charge in [-0.05, 0) is 0 Å². The predicted octanol–water partition coefficient (Wildman–Crippen LogP) is 2.87. The molecule has 1 aromatic rings. The van der Waals surface area contributed by atoms with Gasteiger partial charge in [-0.3, -0.25) is 0 Å². The third-order valence-corrected chi connectivity index (χ3v) is 3.23. The van der Waals surface area contributed by atoms with E-state index in [1.54, 1.807) is 0 Å². The van der Waals surface area contributed by atoms with E-state index < -0.39 is 59.6 Å². The van der Waals surface area contributed by atoms with Gasteiger partial charge in [0.15, 0.2) is 23.3 Å². The van der Waals surface area contributed by atoms with Crippen LogP contribution in [-0.4, -0.2) is 12.5 Å². The van der Waals surface area contributed by atoms with Crippen LogP contribution >= 0.6 is 0 Å². The Bertz CT molecular complexity index is 465. The van der Waals surface area contributed by atoms with Crippen LogP contribution in [0.4, 0.5) is 26.3 Å². The lowest BCUT2D eigenvalue weighted by molar-refractivity contribution is -0.125. The van der Waals surface area contributed by atoms with Crippen molar-refractivity contribution in [2.75, 3.05) is 6.54 Å². The summed E-state index contributed by atoms with van der Waals surface area (Å²) in [6.45, 7) is -0.515. The molecule has 0 spiro atoms. The summed E-state index contributed by atoms with van der Waals surface area (Å²) in [5.41, 5.74) is 2.48. The molecule has 0 saturated heterocycles. The Morgan fingerprint density at radius 3 is 1.78 bits per heavy atom. The highest BCUT2D eigenvalue weighted by atomic mass is 19.3. The molecule has 1 nitrogen and oxygen atoms in total. The van der Waals surface area contributed by atoms with Crippen molar-refractivity contribution in [2.45, 2.75) is 24.2 Å². The summed E-state index contributed by atoms with van der Waals surface area (Å²) in [5, 5.41) is 0. The van der Waals surface area contributed by atoms with E-state index in [1.807, 2.05) is 0 Å². The molecule has 1 saturated carbocycles. The molecule has 0 aromatic heterocycles. The average Bonchev–Trinajstić information content (AvgIpc) is 2.23. The molecular weight excluding hydrogens is 260 g/mol. The van der Waals surface area contributed by atoms with Gasteiger partial charge in [-0.25, -0.2) is 26.3 Å². The first-order valence-corrected chi connectivity index (χ1v) is 5.14. The van der Waals surface area contributed by atoms with Crippen molar-refractivity contribution in [1.29, 1.82) is 0 Å². The quantitative estimate of drug-likeness (QED) is 0.648. The topological polar surface area (TPSA) is 26.0 Å². The second-order valence-electron chi connectivity index (χ2n) is 4.54. The zero-order valence-corrected chi connectivity index (χ0v) is 9.04. The molecule has 18 heavy (non-hydrogen) atoms. The van der Waals surface area contributed by atoms with Crippen LogP contribution in [0.5, 0.6) is 0 Å². The van der Waals surface area contributed by atoms with Gasteiger partial charge < -0.3 is 5.73 Å². The molecule has 1 aliphatic rings. The minimum absolute atomic E-state index is 0.0369. The van der Waals surface area contributed by atoms with Crippen molar-refractivity contribution in [2.24, 2.45) is 5.73 Å². The first-order valence-electron chi connectivity index (χ1n) is 5.14. The molecule has 0 atom stereocenters. The van der Waals surface area contributed by atoms with Crippen LogP contribution in [0, 0.1) is 23.3 Å². The molecule has 0 aliphatic heterocycles. The number of alkyl halides is 2. The van der Waals surface area contributed by atoms with Crippen molar-refractivity contribution in [1.82, 2.24) is 0 Å². The van der Waals surface area contributed by atoms with Gasteiger partial charge in [0.25, 0.3) is 0 Å². The summed E-state index contributed by atoms with van der Waals surface area (Å²) in [6, 6.07) is 0.0369. The Balaban J connectivity index is 2.57. The van der Waals surface area contributed by atoms with E-state index in [0.717, 1.165) is 0 Å². The number of halogens is 6. The van der Waals surface area contributed by atoms with Gasteiger partial charge in [0.1, 0.15) is 0 Å². The molecule has 1 fully saturated rings. The Hall–Kier alpha value is -1.24. The van der Waals surface area contributed by atoms with E-state index in [1.165, 1.54) is 0 Å². The monoisotopic (exact) mass is 269 g/mol. The summed E-state index contributed by atoms with van der Waals surface area (Å²) in [6.07, 6.45) is -1.85. The minimum Gasteiger partial charge on any atom is -0.330 e. The third kappa shape index (κ3) is 1.77. The fourth-order valence-corrected chi connectivity index (χ4v) is 2.40. The molecule has 2 rings (SSSR count). The Morgan fingerprint density at radius 1 is 1.00 bits per heavy atom. The highest BCUT2D eigenvalue weighted by molar-refractivity contribution is 5.35. The van der Waals surface area contributed by atoms with Gasteiger partial charge >= 0.3 is 0 Å². The molecule has 0 amide bonds. The van der Waals surface area contributed by atoms with Gasteiger partial charge in [-0.1, -0.05) is 0 Å². The molecule has 0 bridgehead atoms. The van der Waals surface area contributed by atoms with Crippen LogP contribution in [-0.2, 0) is 5.41 Å². The van der Waals surface area contributed by atoms with E-state index >= 15 is 0 Å². The SMILES string of the molecule is NCC1(c2c(F)c(F)cc(F)c2F)CC(F)(F)C1. The highest BCUT2D eigenvalue weighted by Crippen LogP contribution is 2.54. The molecule has 0 heterocycles. The molecule has 1 aliphatic carbocycles. The summed E-state index contributed by atoms with van der Waals surface area (Å²) < 4.78 is 78.9. The summed E-state index contributed by atoms with van der Waals surface area (Å²) in [7, 11) is 0. The largest absolute Gasteiger partial charge is 0.330 e. The summed E-state index contributed by atoms with van der Waals surface area (Å²) >= 11 is 0. The van der Waals surface area contributed by atoms with Crippen LogP contribution in [0.2, 0.25) is 0 Å². The average molecular weight is 269 g/mol. The molecule has 2 N–H and O–H groups in total. The minimum atomic E-state index is -3.12. The number of benzene rings is 1. The second-order valence-corrected chi connectivity index (χ2v) is 4.54. The van der Waals surface area contributed by atoms with Gasteiger partial charge in [0.05, 0.1) is 0 Å². The Morgan fingerprint density at radius 2 is 1.44 bits per heavy atom. The van der Waals surface area contributed by atoms with Crippen LogP contribution in [0.15, 0.2) is 6.07 Å². The normalized spacial score (nSPS) is 20.6. The van der Waals surface area contributed by atoms with Crippen LogP contribution in [0.1, 0.15) is 18.4 Å². The van der Waals surface area contributed by atoms with Crippen molar-refractivity contribution in [3.05, 3.63) is 34.9 Å². The van der Waals surface area contributed by atoms with Gasteiger partial charge in [0, 0.05) is 36.4 Å². The predicted molar refractivity (Wildman–Crippen MR) is 51.2 cm³/mol. The van der Waals surface area contributed by atoms with Crippen molar-refractivity contribution < 1.29 is 26.3 Å². The maximum absolute atomic E-state index is 13.5. The highest BCUT2D eigenvalue weighted by Gasteiger charge is 2.59. The van der Waals surface area contributed by atoms with Gasteiger partial charge in [-0.15, -0.1) is 0 Å². The van der Waals surface area contributed by atoms with E-state index in [4.69, 9.17) is 5.73 Å². The number of hydrogen-bond donors (Lipinski definition) is 1. The molecule has 7 heteroatoms. The zero-order valence-electron chi connectivity index (χ0n) is 9.04. The van der Waals surface area contributed by atoms with E-state index in [0.29, 0.717) is 0 Å². The molecule has 0 unspecified atom stereocenters. The second kappa shape index (κ2) is 3.88. The maximum Gasteiger partial charge on any atom is 0.250 e. The van der Waals surface area contributed by atoms with E-state index in [9.17, 15) is 26.3 Å². The van der Waals surface area contributed by atoms with Crippen LogP contribution in [0.3, 0.4) is 0 Å². The lowest BCUT2D eigenvalue weighted by Crippen LogP contribution is -2.54. The maximum atomic E-state index is 13.5. The third-order valence-electron chi connectivity index (χ3n) is 3.23. The van der Waals surface area contributed by atoms with Crippen molar-refractivity contribution in [3.63, 3.8) is 0 Å². The Kier molecular flexibility index (Phi) is 2.84. The van der Waals surface area contributed by atoms with Crippen molar-refractivity contribution >= 4 is 0 Å². The lowest BCUT2D eigenvalue weighted by atomic mass is 9.61. The molecule has 1 aromatic carbocycles. The molecule has 100 valence electrons. The fourth-order valence-electron chi connectivity index (χ4n) is 2.40. The smallest absolute Gasteiger partial charge is 0.250 e.